The highest BCUT2D eigenvalue weighted by Crippen LogP contribution is 2.23. The molecular weight excluding hydrogens is 410 g/mol. The second-order valence-electron chi connectivity index (χ2n) is 8.48. The lowest BCUT2D eigenvalue weighted by atomic mass is 9.92. The Kier molecular flexibility index (Phi) is 5.52. The summed E-state index contributed by atoms with van der Waals surface area (Å²) in [5.41, 5.74) is 1.62. The number of anilines is 1. The first kappa shape index (κ1) is 21.3. The SMILES string of the molecule is CC(C)(C)c1cc(NC(=O)COC(=O)Cn2c3ccccc3c(=O)c3ccccc32)on1. The van der Waals surface area contributed by atoms with Crippen LogP contribution in [-0.2, 0) is 26.3 Å². The van der Waals surface area contributed by atoms with Gasteiger partial charge in [-0.15, -0.1) is 0 Å². The molecule has 1 N–H and O–H groups in total. The van der Waals surface area contributed by atoms with Gasteiger partial charge in [0.05, 0.1) is 16.7 Å². The molecule has 0 atom stereocenters. The van der Waals surface area contributed by atoms with Crippen LogP contribution in [0.25, 0.3) is 21.8 Å². The van der Waals surface area contributed by atoms with Gasteiger partial charge in [0.2, 0.25) is 5.88 Å². The van der Waals surface area contributed by atoms with Crippen LogP contribution in [0.4, 0.5) is 5.88 Å². The molecule has 4 rings (SSSR count). The minimum atomic E-state index is -0.605. The van der Waals surface area contributed by atoms with Crippen molar-refractivity contribution in [2.75, 3.05) is 11.9 Å². The van der Waals surface area contributed by atoms with Crippen LogP contribution in [0.2, 0.25) is 0 Å². The van der Waals surface area contributed by atoms with Crippen LogP contribution in [-0.4, -0.2) is 28.2 Å². The van der Waals surface area contributed by atoms with Gasteiger partial charge in [0.1, 0.15) is 6.54 Å². The van der Waals surface area contributed by atoms with Crippen molar-refractivity contribution in [3.8, 4) is 0 Å². The van der Waals surface area contributed by atoms with E-state index >= 15 is 0 Å². The number of esters is 1. The number of rotatable bonds is 5. The zero-order chi connectivity index (χ0) is 22.9. The number of carbonyl (C=O) groups excluding carboxylic acids is 2. The standard InChI is InChI=1S/C24H23N3O5/c1-24(2,3)19-12-21(32-26-19)25-20(28)14-31-22(29)13-27-17-10-6-4-8-15(17)23(30)16-9-5-7-11-18(16)27/h4-12H,13-14H2,1-3H3,(H,25,28). The van der Waals surface area contributed by atoms with Gasteiger partial charge in [0.15, 0.2) is 12.0 Å². The Balaban J connectivity index is 1.48. The summed E-state index contributed by atoms with van der Waals surface area (Å²) in [6.45, 7) is 5.31. The summed E-state index contributed by atoms with van der Waals surface area (Å²) in [4.78, 5) is 37.5. The molecule has 0 aliphatic heterocycles. The maximum atomic E-state index is 12.8. The normalized spacial score (nSPS) is 11.6. The minimum Gasteiger partial charge on any atom is -0.454 e. The molecule has 0 aliphatic carbocycles. The highest BCUT2D eigenvalue weighted by molar-refractivity contribution is 5.95. The van der Waals surface area contributed by atoms with Crippen LogP contribution in [0.3, 0.4) is 0 Å². The highest BCUT2D eigenvalue weighted by Gasteiger charge is 2.20. The predicted octanol–water partition coefficient (Wildman–Crippen LogP) is 3.62. The molecule has 2 aromatic heterocycles. The Labute approximate surface area is 183 Å². The summed E-state index contributed by atoms with van der Waals surface area (Å²) >= 11 is 0. The maximum Gasteiger partial charge on any atom is 0.326 e. The van der Waals surface area contributed by atoms with Gasteiger partial charge in [-0.05, 0) is 24.3 Å². The van der Waals surface area contributed by atoms with Gasteiger partial charge in [0, 0.05) is 22.3 Å². The average Bonchev–Trinajstić information content (AvgIpc) is 3.24. The smallest absolute Gasteiger partial charge is 0.326 e. The van der Waals surface area contributed by atoms with E-state index in [9.17, 15) is 14.4 Å². The Morgan fingerprint density at radius 2 is 1.62 bits per heavy atom. The topological polar surface area (TPSA) is 103 Å². The van der Waals surface area contributed by atoms with Crippen LogP contribution in [0.1, 0.15) is 26.5 Å². The Bertz CT molecular complexity index is 1320. The van der Waals surface area contributed by atoms with E-state index < -0.39 is 18.5 Å². The first-order chi connectivity index (χ1) is 15.2. The second-order valence-corrected chi connectivity index (χ2v) is 8.48. The van der Waals surface area contributed by atoms with E-state index in [1.54, 1.807) is 59.2 Å². The van der Waals surface area contributed by atoms with Crippen LogP contribution in [0, 0.1) is 0 Å². The van der Waals surface area contributed by atoms with E-state index in [1.807, 2.05) is 20.8 Å². The molecule has 0 unspecified atom stereocenters. The molecule has 8 heteroatoms. The number of fused-ring (bicyclic) bond motifs is 2. The fraction of sp³-hybridized carbons (Fsp3) is 0.250. The van der Waals surface area contributed by atoms with E-state index in [-0.39, 0.29) is 23.3 Å². The molecule has 0 spiro atoms. The molecule has 4 aromatic rings. The third kappa shape index (κ3) is 4.25. The highest BCUT2D eigenvalue weighted by atomic mass is 16.5. The number of hydrogen-bond donors (Lipinski definition) is 1. The van der Waals surface area contributed by atoms with Crippen LogP contribution >= 0.6 is 0 Å². The van der Waals surface area contributed by atoms with Crippen molar-refractivity contribution in [3.63, 3.8) is 0 Å². The lowest BCUT2D eigenvalue weighted by molar-refractivity contribution is -0.147. The van der Waals surface area contributed by atoms with E-state index in [4.69, 9.17) is 9.26 Å². The monoisotopic (exact) mass is 433 g/mol. The largest absolute Gasteiger partial charge is 0.454 e. The number of nitrogens with one attached hydrogen (secondary N) is 1. The molecule has 0 bridgehead atoms. The third-order valence-corrected chi connectivity index (χ3v) is 5.07. The molecule has 0 aliphatic rings. The minimum absolute atomic E-state index is 0.0955. The van der Waals surface area contributed by atoms with Gasteiger partial charge in [-0.1, -0.05) is 50.2 Å². The number of para-hydroxylation sites is 2. The van der Waals surface area contributed by atoms with Crippen molar-refractivity contribution in [3.05, 3.63) is 70.5 Å². The molecule has 164 valence electrons. The Morgan fingerprint density at radius 3 is 2.19 bits per heavy atom. The third-order valence-electron chi connectivity index (χ3n) is 5.07. The van der Waals surface area contributed by atoms with Crippen molar-refractivity contribution in [1.82, 2.24) is 9.72 Å². The molecule has 2 aromatic carbocycles. The summed E-state index contributed by atoms with van der Waals surface area (Å²) in [5.74, 6) is -0.954. The maximum absolute atomic E-state index is 12.8. The molecular formula is C24H23N3O5. The fourth-order valence-corrected chi connectivity index (χ4v) is 3.43. The van der Waals surface area contributed by atoms with Crippen molar-refractivity contribution < 1.29 is 18.8 Å². The zero-order valence-electron chi connectivity index (χ0n) is 18.0. The Hall–Kier alpha value is -3.94. The van der Waals surface area contributed by atoms with Crippen molar-refractivity contribution in [1.29, 1.82) is 0 Å². The summed E-state index contributed by atoms with van der Waals surface area (Å²) < 4.78 is 12.0. The van der Waals surface area contributed by atoms with Crippen molar-refractivity contribution >= 4 is 39.6 Å². The molecule has 1 amide bonds. The van der Waals surface area contributed by atoms with E-state index in [0.29, 0.717) is 27.5 Å². The van der Waals surface area contributed by atoms with Crippen LogP contribution in [0.5, 0.6) is 0 Å². The number of benzene rings is 2. The molecule has 0 saturated heterocycles. The van der Waals surface area contributed by atoms with Gasteiger partial charge in [-0.25, -0.2) is 0 Å². The molecule has 0 saturated carbocycles. The molecule has 0 radical (unpaired) electrons. The van der Waals surface area contributed by atoms with Crippen molar-refractivity contribution in [2.45, 2.75) is 32.7 Å². The summed E-state index contributed by atoms with van der Waals surface area (Å²) in [5, 5.41) is 7.48. The summed E-state index contributed by atoms with van der Waals surface area (Å²) in [6.07, 6.45) is 0. The fourth-order valence-electron chi connectivity index (χ4n) is 3.43. The lowest BCUT2D eigenvalue weighted by Crippen LogP contribution is -2.23. The number of aromatic nitrogens is 2. The van der Waals surface area contributed by atoms with E-state index in [2.05, 4.69) is 10.5 Å². The lowest BCUT2D eigenvalue weighted by Gasteiger charge is -2.14. The van der Waals surface area contributed by atoms with E-state index in [0.717, 1.165) is 0 Å². The van der Waals surface area contributed by atoms with Crippen molar-refractivity contribution in [2.24, 2.45) is 0 Å². The number of nitrogens with zero attached hydrogens (tertiary/aromatic N) is 2. The summed E-state index contributed by atoms with van der Waals surface area (Å²) in [6, 6.07) is 15.8. The van der Waals surface area contributed by atoms with Crippen LogP contribution < -0.4 is 10.7 Å². The molecule has 32 heavy (non-hydrogen) atoms. The summed E-state index contributed by atoms with van der Waals surface area (Å²) in [7, 11) is 0. The van der Waals surface area contributed by atoms with Gasteiger partial charge in [-0.2, -0.15) is 0 Å². The first-order valence-corrected chi connectivity index (χ1v) is 10.2. The van der Waals surface area contributed by atoms with Gasteiger partial charge in [-0.3, -0.25) is 19.7 Å². The number of amides is 1. The number of pyridine rings is 1. The Morgan fingerprint density at radius 1 is 1.03 bits per heavy atom. The molecule has 2 heterocycles. The van der Waals surface area contributed by atoms with Gasteiger partial charge >= 0.3 is 5.97 Å². The van der Waals surface area contributed by atoms with Gasteiger partial charge < -0.3 is 13.8 Å². The molecule has 8 nitrogen and oxygen atoms in total. The quantitative estimate of drug-likeness (QED) is 0.381. The number of hydrogen-bond acceptors (Lipinski definition) is 6. The average molecular weight is 433 g/mol. The number of ether oxygens (including phenoxy) is 1. The predicted molar refractivity (Wildman–Crippen MR) is 121 cm³/mol. The molecule has 0 fully saturated rings. The first-order valence-electron chi connectivity index (χ1n) is 10.2. The van der Waals surface area contributed by atoms with Crippen LogP contribution in [0.15, 0.2) is 63.9 Å². The zero-order valence-corrected chi connectivity index (χ0v) is 18.0. The van der Waals surface area contributed by atoms with Gasteiger partial charge in [0.25, 0.3) is 5.91 Å². The number of carbonyl (C=O) groups is 2. The second kappa shape index (κ2) is 8.30. The van der Waals surface area contributed by atoms with E-state index in [1.165, 1.54) is 0 Å².